The summed E-state index contributed by atoms with van der Waals surface area (Å²) in [6, 6.07) is 0. The molecule has 0 nitrogen and oxygen atoms in total. The zero-order valence-corrected chi connectivity index (χ0v) is 8.44. The Labute approximate surface area is 78.9 Å². The van der Waals surface area contributed by atoms with E-state index in [1.165, 1.54) is 5.57 Å². The highest BCUT2D eigenvalue weighted by molar-refractivity contribution is 6.32. The third kappa shape index (κ3) is 1.89. The molecule has 0 aliphatic heterocycles. The van der Waals surface area contributed by atoms with Gasteiger partial charge in [0.25, 0.3) is 0 Å². The summed E-state index contributed by atoms with van der Waals surface area (Å²) < 4.78 is 0. The van der Waals surface area contributed by atoms with Gasteiger partial charge in [0.15, 0.2) is 0 Å². The molecule has 0 bridgehead atoms. The second kappa shape index (κ2) is 3.77. The Bertz CT molecular complexity index is 283. The summed E-state index contributed by atoms with van der Waals surface area (Å²) in [6.07, 6.45) is 8.18. The SMILES string of the molecule is CC(C)=C(Cl)C(C)=C1C=CC=C1. The first-order valence-electron chi connectivity index (χ1n) is 4.02. The average Bonchev–Trinajstić information content (AvgIpc) is 2.53. The molecule has 1 aliphatic rings. The highest BCUT2D eigenvalue weighted by Gasteiger charge is 2.03. The van der Waals surface area contributed by atoms with Crippen molar-refractivity contribution in [1.82, 2.24) is 0 Å². The number of hydrogen-bond acceptors (Lipinski definition) is 0. The largest absolute Gasteiger partial charge is 0.0841 e. The fourth-order valence-corrected chi connectivity index (χ4v) is 1.23. The fourth-order valence-electron chi connectivity index (χ4n) is 1.13. The first-order valence-corrected chi connectivity index (χ1v) is 4.39. The van der Waals surface area contributed by atoms with Crippen molar-refractivity contribution in [2.45, 2.75) is 20.8 Å². The summed E-state index contributed by atoms with van der Waals surface area (Å²) in [7, 11) is 0. The number of rotatable bonds is 1. The van der Waals surface area contributed by atoms with Gasteiger partial charge in [-0.3, -0.25) is 0 Å². The molecule has 1 aliphatic carbocycles. The summed E-state index contributed by atoms with van der Waals surface area (Å²) in [4.78, 5) is 0. The third-order valence-electron chi connectivity index (χ3n) is 1.86. The second-order valence-electron chi connectivity index (χ2n) is 3.11. The molecular weight excluding hydrogens is 168 g/mol. The Balaban J connectivity index is 3.05. The van der Waals surface area contributed by atoms with Crippen LogP contribution in [-0.4, -0.2) is 0 Å². The monoisotopic (exact) mass is 180 g/mol. The Morgan fingerprint density at radius 3 is 2.00 bits per heavy atom. The zero-order valence-electron chi connectivity index (χ0n) is 7.69. The van der Waals surface area contributed by atoms with Crippen LogP contribution in [0.4, 0.5) is 0 Å². The highest BCUT2D eigenvalue weighted by Crippen LogP contribution is 2.24. The van der Waals surface area contributed by atoms with Gasteiger partial charge in [-0.2, -0.15) is 0 Å². The predicted octanol–water partition coefficient (Wildman–Crippen LogP) is 3.96. The summed E-state index contributed by atoms with van der Waals surface area (Å²) >= 11 is 6.10. The summed E-state index contributed by atoms with van der Waals surface area (Å²) in [5.41, 5.74) is 3.53. The first kappa shape index (κ1) is 9.34. The summed E-state index contributed by atoms with van der Waals surface area (Å²) in [6.45, 7) is 6.09. The van der Waals surface area contributed by atoms with Crippen molar-refractivity contribution >= 4 is 11.6 Å². The molecule has 0 saturated carbocycles. The van der Waals surface area contributed by atoms with Gasteiger partial charge < -0.3 is 0 Å². The maximum atomic E-state index is 6.10. The smallest absolute Gasteiger partial charge is 0.0427 e. The van der Waals surface area contributed by atoms with Crippen LogP contribution >= 0.6 is 11.6 Å². The van der Waals surface area contributed by atoms with Crippen molar-refractivity contribution in [3.63, 3.8) is 0 Å². The second-order valence-corrected chi connectivity index (χ2v) is 3.49. The van der Waals surface area contributed by atoms with Crippen molar-refractivity contribution in [3.05, 3.63) is 46.1 Å². The maximum absolute atomic E-state index is 6.10. The molecule has 64 valence electrons. The lowest BCUT2D eigenvalue weighted by Crippen LogP contribution is -1.83. The molecule has 0 radical (unpaired) electrons. The molecule has 0 atom stereocenters. The van der Waals surface area contributed by atoms with Gasteiger partial charge in [-0.25, -0.2) is 0 Å². The minimum Gasteiger partial charge on any atom is -0.0841 e. The van der Waals surface area contributed by atoms with Crippen LogP contribution < -0.4 is 0 Å². The Hall–Kier alpha value is -0.750. The molecule has 0 N–H and O–H groups in total. The molecule has 0 spiro atoms. The molecule has 0 fully saturated rings. The lowest BCUT2D eigenvalue weighted by molar-refractivity contribution is 1.31. The Kier molecular flexibility index (Phi) is 2.93. The quantitative estimate of drug-likeness (QED) is 0.573. The molecule has 0 heterocycles. The zero-order chi connectivity index (χ0) is 9.14. The van der Waals surface area contributed by atoms with Gasteiger partial charge in [0.1, 0.15) is 0 Å². The van der Waals surface area contributed by atoms with E-state index >= 15 is 0 Å². The van der Waals surface area contributed by atoms with E-state index < -0.39 is 0 Å². The minimum absolute atomic E-state index is 0.876. The average molecular weight is 181 g/mol. The van der Waals surface area contributed by atoms with Crippen LogP contribution in [0.25, 0.3) is 0 Å². The Morgan fingerprint density at radius 2 is 1.58 bits per heavy atom. The fraction of sp³-hybridized carbons (Fsp3) is 0.273. The van der Waals surface area contributed by atoms with Crippen molar-refractivity contribution in [1.29, 1.82) is 0 Å². The molecule has 1 rings (SSSR count). The van der Waals surface area contributed by atoms with E-state index in [1.807, 2.05) is 32.9 Å². The lowest BCUT2D eigenvalue weighted by Gasteiger charge is -2.03. The molecule has 1 heteroatoms. The third-order valence-corrected chi connectivity index (χ3v) is 2.53. The van der Waals surface area contributed by atoms with Gasteiger partial charge >= 0.3 is 0 Å². The van der Waals surface area contributed by atoms with Crippen molar-refractivity contribution < 1.29 is 0 Å². The molecule has 0 aromatic rings. The van der Waals surface area contributed by atoms with Crippen LogP contribution in [0.1, 0.15) is 20.8 Å². The van der Waals surface area contributed by atoms with Gasteiger partial charge in [-0.15, -0.1) is 0 Å². The number of allylic oxidation sites excluding steroid dienone is 8. The molecule has 0 unspecified atom stereocenters. The minimum atomic E-state index is 0.876. The van der Waals surface area contributed by atoms with E-state index in [2.05, 4.69) is 12.2 Å². The Morgan fingerprint density at radius 1 is 1.08 bits per heavy atom. The van der Waals surface area contributed by atoms with Gasteiger partial charge in [0.2, 0.25) is 0 Å². The van der Waals surface area contributed by atoms with Crippen LogP contribution in [0, 0.1) is 0 Å². The van der Waals surface area contributed by atoms with Crippen LogP contribution in [0.5, 0.6) is 0 Å². The van der Waals surface area contributed by atoms with Crippen LogP contribution in [0.2, 0.25) is 0 Å². The topological polar surface area (TPSA) is 0 Å². The predicted molar refractivity (Wildman–Crippen MR) is 55.2 cm³/mol. The van der Waals surface area contributed by atoms with Gasteiger partial charge in [-0.1, -0.05) is 41.5 Å². The van der Waals surface area contributed by atoms with Crippen molar-refractivity contribution in [3.8, 4) is 0 Å². The maximum Gasteiger partial charge on any atom is 0.0427 e. The van der Waals surface area contributed by atoms with Gasteiger partial charge in [0, 0.05) is 5.03 Å². The van der Waals surface area contributed by atoms with E-state index in [-0.39, 0.29) is 0 Å². The van der Waals surface area contributed by atoms with E-state index in [9.17, 15) is 0 Å². The van der Waals surface area contributed by atoms with E-state index in [0.29, 0.717) is 0 Å². The molecule has 0 saturated heterocycles. The highest BCUT2D eigenvalue weighted by atomic mass is 35.5. The van der Waals surface area contributed by atoms with Gasteiger partial charge in [-0.05, 0) is 31.9 Å². The molecule has 0 amide bonds. The van der Waals surface area contributed by atoms with E-state index in [4.69, 9.17) is 11.6 Å². The standard InChI is InChI=1S/C11H13Cl/c1-8(2)11(12)9(3)10-6-4-5-7-10/h4-7H,1-3H3. The first-order chi connectivity index (χ1) is 5.63. The lowest BCUT2D eigenvalue weighted by atomic mass is 10.1. The van der Waals surface area contributed by atoms with E-state index in [0.717, 1.165) is 16.2 Å². The van der Waals surface area contributed by atoms with Crippen molar-refractivity contribution in [2.24, 2.45) is 0 Å². The normalized spacial score (nSPS) is 13.8. The molecule has 12 heavy (non-hydrogen) atoms. The molecule has 0 aromatic heterocycles. The van der Waals surface area contributed by atoms with E-state index in [1.54, 1.807) is 0 Å². The van der Waals surface area contributed by atoms with Crippen LogP contribution in [-0.2, 0) is 0 Å². The summed E-state index contributed by atoms with van der Waals surface area (Å²) in [5.74, 6) is 0. The molecule has 0 aromatic carbocycles. The van der Waals surface area contributed by atoms with Crippen LogP contribution in [0.3, 0.4) is 0 Å². The summed E-state index contributed by atoms with van der Waals surface area (Å²) in [5, 5.41) is 0.876. The molecular formula is C11H13Cl. The van der Waals surface area contributed by atoms with Crippen molar-refractivity contribution in [2.75, 3.05) is 0 Å². The number of hydrogen-bond donors (Lipinski definition) is 0. The van der Waals surface area contributed by atoms with Gasteiger partial charge in [0.05, 0.1) is 0 Å². The van der Waals surface area contributed by atoms with Crippen LogP contribution in [0.15, 0.2) is 46.1 Å². The number of halogens is 1.